The van der Waals surface area contributed by atoms with Gasteiger partial charge in [-0.1, -0.05) is 0 Å². The number of nitrogens with two attached hydrogens (primary N) is 2. The molecule has 0 rings (SSSR count). The largest absolute Gasteiger partial charge is 3.00 e. The first-order valence-corrected chi connectivity index (χ1v) is 2.05. The van der Waals surface area contributed by atoms with E-state index in [0.717, 1.165) is 12.5 Å². The van der Waals surface area contributed by atoms with Crippen LogP contribution in [0.2, 0.25) is 0 Å². The molecule has 7 heavy (non-hydrogen) atoms. The molecule has 0 saturated carbocycles. The molecule has 4 N–H and O–H groups in total. The van der Waals surface area contributed by atoms with Crippen molar-refractivity contribution in [1.29, 1.82) is 0 Å². The van der Waals surface area contributed by atoms with Crippen LogP contribution in [0, 0.1) is 6.04 Å². The van der Waals surface area contributed by atoms with Crippen LogP contribution in [-0.2, 0) is 32.7 Å². The SMILES string of the molecule is C[C-](N)CCN.[Y+3]. The number of rotatable bonds is 2. The van der Waals surface area contributed by atoms with Crippen LogP contribution in [0.25, 0.3) is 0 Å². The molecule has 0 bridgehead atoms. The van der Waals surface area contributed by atoms with Gasteiger partial charge in [0.05, 0.1) is 0 Å². The Hall–Kier alpha value is 1.02. The Balaban J connectivity index is 0. The summed E-state index contributed by atoms with van der Waals surface area (Å²) in [5, 5.41) is 0. The summed E-state index contributed by atoms with van der Waals surface area (Å²) in [7, 11) is 0. The smallest absolute Gasteiger partial charge is 0.481 e. The molecule has 38 valence electrons. The van der Waals surface area contributed by atoms with E-state index in [1.54, 1.807) is 0 Å². The van der Waals surface area contributed by atoms with Crippen LogP contribution in [0.4, 0.5) is 0 Å². The Labute approximate surface area is 69.9 Å². The van der Waals surface area contributed by atoms with Crippen LogP contribution in [0.3, 0.4) is 0 Å². The second-order valence-corrected chi connectivity index (χ2v) is 1.39. The zero-order chi connectivity index (χ0) is 4.99. The molecule has 0 fully saturated rings. The third-order valence-electron chi connectivity index (χ3n) is 0.539. The van der Waals surface area contributed by atoms with E-state index >= 15 is 0 Å². The van der Waals surface area contributed by atoms with E-state index in [-0.39, 0.29) is 32.7 Å². The molecular weight excluding hydrogens is 165 g/mol. The Kier molecular flexibility index (Phi) is 10.9. The molecule has 0 aromatic heterocycles. The first kappa shape index (κ1) is 10.9. The van der Waals surface area contributed by atoms with Crippen LogP contribution < -0.4 is 11.5 Å². The van der Waals surface area contributed by atoms with Crippen molar-refractivity contribution in [3.8, 4) is 0 Å². The molecule has 0 radical (unpaired) electrons. The Morgan fingerprint density at radius 2 is 2.00 bits per heavy atom. The van der Waals surface area contributed by atoms with Crippen molar-refractivity contribution in [3.63, 3.8) is 0 Å². The van der Waals surface area contributed by atoms with E-state index in [9.17, 15) is 0 Å². The van der Waals surface area contributed by atoms with Gasteiger partial charge in [0, 0.05) is 0 Å². The van der Waals surface area contributed by atoms with Gasteiger partial charge in [-0.15, -0.1) is 0 Å². The molecule has 0 aliphatic heterocycles. The summed E-state index contributed by atoms with van der Waals surface area (Å²) in [5.41, 5.74) is 10.4. The van der Waals surface area contributed by atoms with Gasteiger partial charge in [-0.3, -0.25) is 6.04 Å². The second-order valence-electron chi connectivity index (χ2n) is 1.39. The molecule has 0 unspecified atom stereocenters. The van der Waals surface area contributed by atoms with E-state index in [1.165, 1.54) is 0 Å². The summed E-state index contributed by atoms with van der Waals surface area (Å²) in [4.78, 5) is 0. The second kappa shape index (κ2) is 7.02. The third-order valence-corrected chi connectivity index (χ3v) is 0.539. The first-order chi connectivity index (χ1) is 2.77. The molecule has 0 aromatic rings. The summed E-state index contributed by atoms with van der Waals surface area (Å²) in [5.74, 6) is 0. The van der Waals surface area contributed by atoms with E-state index in [1.807, 2.05) is 6.92 Å². The number of hydrogen-bond donors (Lipinski definition) is 2. The van der Waals surface area contributed by atoms with Gasteiger partial charge in [0.25, 0.3) is 0 Å². The maximum atomic E-state index is 5.24. The van der Waals surface area contributed by atoms with Gasteiger partial charge in [-0.25, -0.2) is 0 Å². The average Bonchev–Trinajstić information content (AvgIpc) is 1.35. The molecular formula is C4H11N2Y+2. The quantitative estimate of drug-likeness (QED) is 0.574. The topological polar surface area (TPSA) is 52.0 Å². The fraction of sp³-hybridized carbons (Fsp3) is 0.750. The molecule has 0 aliphatic rings. The summed E-state index contributed by atoms with van der Waals surface area (Å²) < 4.78 is 0. The minimum absolute atomic E-state index is 0. The van der Waals surface area contributed by atoms with Gasteiger partial charge in [-0.05, 0) is 6.54 Å². The van der Waals surface area contributed by atoms with Crippen molar-refractivity contribution in [3.05, 3.63) is 6.04 Å². The maximum absolute atomic E-state index is 5.24. The van der Waals surface area contributed by atoms with Gasteiger partial charge < -0.3 is 11.5 Å². The van der Waals surface area contributed by atoms with Gasteiger partial charge in [0.15, 0.2) is 0 Å². The van der Waals surface area contributed by atoms with Crippen molar-refractivity contribution < 1.29 is 32.7 Å². The zero-order valence-corrected chi connectivity index (χ0v) is 7.48. The van der Waals surface area contributed by atoms with Gasteiger partial charge in [0.2, 0.25) is 0 Å². The van der Waals surface area contributed by atoms with Crippen LogP contribution in [0.5, 0.6) is 0 Å². The van der Waals surface area contributed by atoms with Crippen LogP contribution in [-0.4, -0.2) is 6.54 Å². The Morgan fingerprint density at radius 1 is 1.57 bits per heavy atom. The van der Waals surface area contributed by atoms with Crippen molar-refractivity contribution in [2.24, 2.45) is 11.5 Å². The predicted molar refractivity (Wildman–Crippen MR) is 26.8 cm³/mol. The van der Waals surface area contributed by atoms with Crippen molar-refractivity contribution in [2.45, 2.75) is 13.3 Å². The average molecular weight is 176 g/mol. The van der Waals surface area contributed by atoms with Crippen molar-refractivity contribution >= 4 is 0 Å². The van der Waals surface area contributed by atoms with Crippen molar-refractivity contribution in [1.82, 2.24) is 0 Å². The van der Waals surface area contributed by atoms with E-state index in [2.05, 4.69) is 0 Å². The molecule has 0 saturated heterocycles. The Morgan fingerprint density at radius 3 is 2.00 bits per heavy atom. The normalized spacial score (nSPS) is 8.57. The molecule has 0 aromatic carbocycles. The van der Waals surface area contributed by atoms with Gasteiger partial charge >= 0.3 is 32.7 Å². The summed E-state index contributed by atoms with van der Waals surface area (Å²) in [6, 6.07) is 0.914. The monoisotopic (exact) mass is 176 g/mol. The van der Waals surface area contributed by atoms with Crippen LogP contribution >= 0.6 is 0 Å². The van der Waals surface area contributed by atoms with Crippen LogP contribution in [0.15, 0.2) is 0 Å². The molecule has 0 heterocycles. The zero-order valence-electron chi connectivity index (χ0n) is 4.65. The molecule has 2 nitrogen and oxygen atoms in total. The van der Waals surface area contributed by atoms with Crippen LogP contribution in [0.1, 0.15) is 13.3 Å². The molecule has 0 aliphatic carbocycles. The fourth-order valence-corrected chi connectivity index (χ4v) is 0.228. The van der Waals surface area contributed by atoms with E-state index < -0.39 is 0 Å². The fourth-order valence-electron chi connectivity index (χ4n) is 0.228. The Bertz CT molecular complexity index is 30.9. The minimum Gasteiger partial charge on any atom is -0.481 e. The molecule has 0 atom stereocenters. The first-order valence-electron chi connectivity index (χ1n) is 2.05. The minimum atomic E-state index is 0. The maximum Gasteiger partial charge on any atom is 3.00 e. The predicted octanol–water partition coefficient (Wildman–Crippen LogP) is -0.157. The summed E-state index contributed by atoms with van der Waals surface area (Å²) in [6.45, 7) is 2.54. The summed E-state index contributed by atoms with van der Waals surface area (Å²) in [6.07, 6.45) is 0.847. The van der Waals surface area contributed by atoms with Gasteiger partial charge in [-0.2, -0.15) is 13.3 Å². The van der Waals surface area contributed by atoms with Gasteiger partial charge in [0.1, 0.15) is 0 Å². The standard InChI is InChI=1S/C4H11N2.Y/c1-4(6)2-3-5;/h2-3,5-6H2,1H3;/q-1;+3. The molecule has 3 heteroatoms. The molecule has 0 spiro atoms. The molecule has 0 amide bonds. The van der Waals surface area contributed by atoms with E-state index in [0.29, 0.717) is 6.54 Å². The van der Waals surface area contributed by atoms with E-state index in [4.69, 9.17) is 11.5 Å². The third kappa shape index (κ3) is 10.9. The number of hydrogen-bond acceptors (Lipinski definition) is 2. The summed E-state index contributed by atoms with van der Waals surface area (Å²) >= 11 is 0. The van der Waals surface area contributed by atoms with Crippen molar-refractivity contribution in [2.75, 3.05) is 6.54 Å².